The molecule has 0 aliphatic heterocycles. The Hall–Kier alpha value is -1.52. The molecule has 0 saturated carbocycles. The first kappa shape index (κ1) is 9.48. The van der Waals surface area contributed by atoms with Crippen molar-refractivity contribution in [3.63, 3.8) is 0 Å². The van der Waals surface area contributed by atoms with E-state index in [-0.39, 0.29) is 0 Å². The zero-order valence-electron chi connectivity index (χ0n) is 6.12. The summed E-state index contributed by atoms with van der Waals surface area (Å²) in [6.45, 7) is 0. The van der Waals surface area contributed by atoms with E-state index in [1.165, 1.54) is 0 Å². The van der Waals surface area contributed by atoms with Gasteiger partial charge in [0.15, 0.2) is 0 Å². The van der Waals surface area contributed by atoms with Gasteiger partial charge in [-0.05, 0) is 0 Å². The third-order valence-electron chi connectivity index (χ3n) is 0.837. The fraction of sp³-hybridized carbons (Fsp3) is 0.333. The highest BCUT2D eigenvalue weighted by molar-refractivity contribution is 5.94. The highest BCUT2D eigenvalue weighted by Gasteiger charge is 2.11. The Morgan fingerprint density at radius 2 is 1.73 bits per heavy atom. The molecule has 0 aromatic rings. The van der Waals surface area contributed by atoms with Gasteiger partial charge >= 0.3 is 11.9 Å². The first-order chi connectivity index (χ1) is 5.11. The Kier molecular flexibility index (Phi) is 3.72. The molecule has 0 aromatic heterocycles. The van der Waals surface area contributed by atoms with Crippen LogP contribution in [0.3, 0.4) is 0 Å². The minimum Gasteiger partial charge on any atom is -0.466 e. The van der Waals surface area contributed by atoms with Crippen LogP contribution in [0.15, 0.2) is 11.8 Å². The van der Waals surface area contributed by atoms with Crippen LogP contribution in [0.5, 0.6) is 0 Å². The maximum absolute atomic E-state index is 10.5. The minimum absolute atomic E-state index is 0.520. The van der Waals surface area contributed by atoms with Crippen molar-refractivity contribution in [1.29, 1.82) is 0 Å². The molecule has 0 fully saturated rings. The van der Waals surface area contributed by atoms with Crippen LogP contribution in [0.25, 0.3) is 0 Å². The highest BCUT2D eigenvalue weighted by Crippen LogP contribution is 1.93. The third-order valence-corrected chi connectivity index (χ3v) is 0.837. The van der Waals surface area contributed by atoms with Gasteiger partial charge in [0.2, 0.25) is 0 Å². The molecule has 0 spiro atoms. The number of methoxy groups -OCH3 is 2. The SMILES string of the molecule is COC(=O)/C=C(/[O])C(=O)OC. The van der Waals surface area contributed by atoms with Gasteiger partial charge in [-0.2, -0.15) is 0 Å². The maximum Gasteiger partial charge on any atom is 0.379 e. The van der Waals surface area contributed by atoms with E-state index < -0.39 is 17.7 Å². The minimum atomic E-state index is -1.09. The summed E-state index contributed by atoms with van der Waals surface area (Å²) in [5, 5.41) is 10.5. The van der Waals surface area contributed by atoms with Gasteiger partial charge < -0.3 is 9.47 Å². The van der Waals surface area contributed by atoms with E-state index in [1.54, 1.807) is 0 Å². The highest BCUT2D eigenvalue weighted by atomic mass is 16.5. The fourth-order valence-corrected chi connectivity index (χ4v) is 0.325. The molecule has 5 nitrogen and oxygen atoms in total. The number of carbonyl (C=O) groups is 2. The number of hydrogen-bond acceptors (Lipinski definition) is 4. The third kappa shape index (κ3) is 3.24. The zero-order chi connectivity index (χ0) is 8.85. The summed E-state index contributed by atoms with van der Waals surface area (Å²) in [7, 11) is 2.15. The van der Waals surface area contributed by atoms with Crippen molar-refractivity contribution in [2.45, 2.75) is 0 Å². The number of esters is 2. The van der Waals surface area contributed by atoms with Gasteiger partial charge in [0.25, 0.3) is 5.76 Å². The van der Waals surface area contributed by atoms with Crippen molar-refractivity contribution in [2.24, 2.45) is 0 Å². The summed E-state index contributed by atoms with van der Waals surface area (Å²) >= 11 is 0. The quantitative estimate of drug-likeness (QED) is 0.313. The smallest absolute Gasteiger partial charge is 0.379 e. The van der Waals surface area contributed by atoms with Crippen molar-refractivity contribution < 1.29 is 24.2 Å². The molecule has 0 saturated heterocycles. The second-order valence-electron chi connectivity index (χ2n) is 1.52. The van der Waals surface area contributed by atoms with Gasteiger partial charge in [-0.15, -0.1) is 0 Å². The molecule has 11 heavy (non-hydrogen) atoms. The predicted octanol–water partition coefficient (Wildman–Crippen LogP) is -0.353. The molecular weight excluding hydrogens is 152 g/mol. The van der Waals surface area contributed by atoms with E-state index in [9.17, 15) is 14.7 Å². The molecule has 5 heteroatoms. The second-order valence-corrected chi connectivity index (χ2v) is 1.52. The van der Waals surface area contributed by atoms with Crippen molar-refractivity contribution in [3.8, 4) is 0 Å². The summed E-state index contributed by atoms with van der Waals surface area (Å²) in [4.78, 5) is 20.7. The molecule has 0 aromatic carbocycles. The molecule has 0 rings (SSSR count). The largest absolute Gasteiger partial charge is 0.466 e. The molecule has 0 unspecified atom stereocenters. The van der Waals surface area contributed by atoms with E-state index >= 15 is 0 Å². The van der Waals surface area contributed by atoms with E-state index in [0.717, 1.165) is 14.2 Å². The number of rotatable bonds is 2. The van der Waals surface area contributed by atoms with Gasteiger partial charge in [0, 0.05) is 0 Å². The second kappa shape index (κ2) is 4.32. The van der Waals surface area contributed by atoms with Gasteiger partial charge in [0.1, 0.15) is 0 Å². The summed E-state index contributed by atoms with van der Waals surface area (Å²) in [6.07, 6.45) is 0.520. The Morgan fingerprint density at radius 3 is 2.09 bits per heavy atom. The number of carbonyl (C=O) groups excluding carboxylic acids is 2. The van der Waals surface area contributed by atoms with E-state index in [1.807, 2.05) is 0 Å². The monoisotopic (exact) mass is 159 g/mol. The summed E-state index contributed by atoms with van der Waals surface area (Å²) in [5.41, 5.74) is 0. The average Bonchev–Trinajstić information content (AvgIpc) is 2.02. The Labute approximate surface area is 63.2 Å². The molecule has 0 atom stereocenters. The molecule has 1 radical (unpaired) electrons. The van der Waals surface area contributed by atoms with Gasteiger partial charge in [-0.25, -0.2) is 9.59 Å². The molecule has 0 bridgehead atoms. The topological polar surface area (TPSA) is 72.5 Å². The lowest BCUT2D eigenvalue weighted by Crippen LogP contribution is -2.06. The number of ether oxygens (including phenoxy) is 2. The lowest BCUT2D eigenvalue weighted by atomic mass is 10.4. The Balaban J connectivity index is 4.21. The molecule has 0 aliphatic carbocycles. The lowest BCUT2D eigenvalue weighted by molar-refractivity contribution is -0.142. The van der Waals surface area contributed by atoms with E-state index in [0.29, 0.717) is 6.08 Å². The Bertz CT molecular complexity index is 193. The molecule has 0 N–H and O–H groups in total. The van der Waals surface area contributed by atoms with Crippen LogP contribution in [0.4, 0.5) is 0 Å². The first-order valence-electron chi connectivity index (χ1n) is 2.66. The molecule has 0 aliphatic rings. The van der Waals surface area contributed by atoms with Crippen LogP contribution in [0.1, 0.15) is 0 Å². The van der Waals surface area contributed by atoms with Crippen LogP contribution >= 0.6 is 0 Å². The summed E-state index contributed by atoms with van der Waals surface area (Å²) in [5.74, 6) is -2.99. The normalized spacial score (nSPS) is 10.5. The van der Waals surface area contributed by atoms with Crippen LogP contribution in [0.2, 0.25) is 0 Å². The molecule has 0 amide bonds. The first-order valence-corrected chi connectivity index (χ1v) is 2.66. The molecular formula is C6H7O5. The van der Waals surface area contributed by atoms with Crippen molar-refractivity contribution in [2.75, 3.05) is 14.2 Å². The van der Waals surface area contributed by atoms with Gasteiger partial charge in [-0.3, -0.25) is 5.11 Å². The van der Waals surface area contributed by atoms with Crippen molar-refractivity contribution in [3.05, 3.63) is 11.8 Å². The van der Waals surface area contributed by atoms with Crippen LogP contribution in [-0.4, -0.2) is 26.2 Å². The van der Waals surface area contributed by atoms with Crippen LogP contribution in [0, 0.1) is 0 Å². The van der Waals surface area contributed by atoms with Crippen molar-refractivity contribution in [1.82, 2.24) is 0 Å². The maximum atomic E-state index is 10.5. The van der Waals surface area contributed by atoms with Crippen LogP contribution in [-0.2, 0) is 24.2 Å². The fourth-order valence-electron chi connectivity index (χ4n) is 0.325. The molecule has 0 heterocycles. The average molecular weight is 159 g/mol. The predicted molar refractivity (Wildman–Crippen MR) is 32.8 cm³/mol. The van der Waals surface area contributed by atoms with E-state index in [2.05, 4.69) is 9.47 Å². The number of hydrogen-bond donors (Lipinski definition) is 0. The summed E-state index contributed by atoms with van der Waals surface area (Å²) < 4.78 is 8.12. The molecule has 61 valence electrons. The van der Waals surface area contributed by atoms with Crippen LogP contribution < -0.4 is 0 Å². The van der Waals surface area contributed by atoms with Crippen molar-refractivity contribution >= 4 is 11.9 Å². The summed E-state index contributed by atoms with van der Waals surface area (Å²) in [6, 6.07) is 0. The Morgan fingerprint density at radius 1 is 1.18 bits per heavy atom. The lowest BCUT2D eigenvalue weighted by Gasteiger charge is -1.92. The zero-order valence-corrected chi connectivity index (χ0v) is 6.12. The van der Waals surface area contributed by atoms with E-state index in [4.69, 9.17) is 0 Å². The standard InChI is InChI=1S/C6H7O5/c1-10-5(8)3-4(7)6(9)11-2/h3H,1-2H3/b4-3+. The van der Waals surface area contributed by atoms with Gasteiger partial charge in [0.05, 0.1) is 20.3 Å². The van der Waals surface area contributed by atoms with Gasteiger partial charge in [-0.1, -0.05) is 0 Å².